The van der Waals surface area contributed by atoms with E-state index in [1.807, 2.05) is 12.1 Å². The van der Waals surface area contributed by atoms with E-state index in [-0.39, 0.29) is 5.56 Å². The maximum Gasteiger partial charge on any atom is 0.339 e. The third kappa shape index (κ3) is 3.07. The van der Waals surface area contributed by atoms with Crippen LogP contribution in [0.25, 0.3) is 0 Å². The molecule has 0 aliphatic carbocycles. The van der Waals surface area contributed by atoms with E-state index in [9.17, 15) is 4.79 Å². The number of carboxylic acids is 1. The summed E-state index contributed by atoms with van der Waals surface area (Å²) in [6.45, 7) is 2.52. The second-order valence-corrected chi connectivity index (χ2v) is 4.02. The fraction of sp³-hybridized carbons (Fsp3) is 0.214. The predicted molar refractivity (Wildman–Crippen MR) is 72.1 cm³/mol. The van der Waals surface area contributed by atoms with E-state index in [0.29, 0.717) is 12.4 Å². The number of nitrogens with one attached hydrogen (secondary N) is 1. The van der Waals surface area contributed by atoms with Gasteiger partial charge in [0.25, 0.3) is 0 Å². The highest BCUT2D eigenvalue weighted by molar-refractivity contribution is 5.92. The summed E-state index contributed by atoms with van der Waals surface area (Å²) in [6, 6.07) is 7.04. The average molecular weight is 257 g/mol. The summed E-state index contributed by atoms with van der Waals surface area (Å²) >= 11 is 0. The van der Waals surface area contributed by atoms with Crippen LogP contribution in [0.15, 0.2) is 36.7 Å². The molecule has 0 saturated heterocycles. The molecule has 5 nitrogen and oxygen atoms in total. The van der Waals surface area contributed by atoms with Crippen LogP contribution in [0.1, 0.15) is 28.5 Å². The second-order valence-electron chi connectivity index (χ2n) is 4.02. The van der Waals surface area contributed by atoms with Crippen molar-refractivity contribution in [2.75, 3.05) is 5.32 Å². The van der Waals surface area contributed by atoms with Crippen LogP contribution in [-0.2, 0) is 13.0 Å². The topological polar surface area (TPSA) is 75.1 Å². The lowest BCUT2D eigenvalue weighted by Crippen LogP contribution is -2.10. The van der Waals surface area contributed by atoms with E-state index in [1.165, 1.54) is 6.07 Å². The molecule has 0 fully saturated rings. The summed E-state index contributed by atoms with van der Waals surface area (Å²) in [5, 5.41) is 12.1. The Morgan fingerprint density at radius 2 is 2.00 bits per heavy atom. The normalized spacial score (nSPS) is 10.2. The molecular formula is C14H15N3O2. The maximum absolute atomic E-state index is 11.1. The predicted octanol–water partition coefficient (Wildman–Crippen LogP) is 2.35. The standard InChI is InChI=1S/C14H15N3O2/c1-2-10-5-3-7-15-12(10)9-17-13-11(14(18)19)6-4-8-16-13/h3-8H,2,9H2,1H3,(H,16,17)(H,18,19). The van der Waals surface area contributed by atoms with Gasteiger partial charge in [0.15, 0.2) is 0 Å². The molecule has 2 rings (SSSR count). The van der Waals surface area contributed by atoms with Crippen LogP contribution in [-0.4, -0.2) is 21.0 Å². The van der Waals surface area contributed by atoms with Gasteiger partial charge >= 0.3 is 5.97 Å². The number of aryl methyl sites for hydroxylation is 1. The molecule has 2 aromatic rings. The average Bonchev–Trinajstić information content (AvgIpc) is 2.45. The Balaban J connectivity index is 2.17. The zero-order chi connectivity index (χ0) is 13.7. The van der Waals surface area contributed by atoms with Gasteiger partial charge in [-0.3, -0.25) is 4.98 Å². The zero-order valence-corrected chi connectivity index (χ0v) is 10.6. The molecule has 0 unspecified atom stereocenters. The molecule has 19 heavy (non-hydrogen) atoms. The molecule has 0 amide bonds. The van der Waals surface area contributed by atoms with Gasteiger partial charge in [-0.1, -0.05) is 13.0 Å². The molecule has 5 heteroatoms. The van der Waals surface area contributed by atoms with Crippen molar-refractivity contribution in [2.24, 2.45) is 0 Å². The molecule has 0 bridgehead atoms. The van der Waals surface area contributed by atoms with Gasteiger partial charge in [0.2, 0.25) is 0 Å². The Bertz CT molecular complexity index is 584. The van der Waals surface area contributed by atoms with Crippen LogP contribution in [0.3, 0.4) is 0 Å². The van der Waals surface area contributed by atoms with E-state index < -0.39 is 5.97 Å². The number of pyridine rings is 2. The molecule has 0 atom stereocenters. The number of rotatable bonds is 5. The van der Waals surface area contributed by atoms with Gasteiger partial charge in [0.05, 0.1) is 12.2 Å². The molecule has 98 valence electrons. The van der Waals surface area contributed by atoms with Crippen LogP contribution < -0.4 is 5.32 Å². The van der Waals surface area contributed by atoms with Crippen molar-refractivity contribution in [1.29, 1.82) is 0 Å². The lowest BCUT2D eigenvalue weighted by Gasteiger charge is -2.10. The van der Waals surface area contributed by atoms with Gasteiger partial charge in [-0.15, -0.1) is 0 Å². The van der Waals surface area contributed by atoms with Crippen LogP contribution in [0.4, 0.5) is 5.82 Å². The van der Waals surface area contributed by atoms with Crippen LogP contribution in [0.2, 0.25) is 0 Å². The summed E-state index contributed by atoms with van der Waals surface area (Å²) in [5.74, 6) is -0.630. The highest BCUT2D eigenvalue weighted by Crippen LogP contribution is 2.14. The van der Waals surface area contributed by atoms with Crippen molar-refractivity contribution >= 4 is 11.8 Å². The minimum atomic E-state index is -0.993. The Kier molecular flexibility index (Phi) is 4.07. The van der Waals surface area contributed by atoms with Crippen LogP contribution in [0, 0.1) is 0 Å². The summed E-state index contributed by atoms with van der Waals surface area (Å²) < 4.78 is 0. The fourth-order valence-electron chi connectivity index (χ4n) is 1.84. The van der Waals surface area contributed by atoms with Gasteiger partial charge < -0.3 is 10.4 Å². The van der Waals surface area contributed by atoms with Crippen molar-refractivity contribution in [2.45, 2.75) is 19.9 Å². The minimum Gasteiger partial charge on any atom is -0.478 e. The Morgan fingerprint density at radius 3 is 2.74 bits per heavy atom. The number of aromatic carboxylic acids is 1. The third-order valence-corrected chi connectivity index (χ3v) is 2.83. The van der Waals surface area contributed by atoms with Crippen molar-refractivity contribution in [3.05, 3.63) is 53.5 Å². The summed E-state index contributed by atoms with van der Waals surface area (Å²) in [6.07, 6.45) is 4.18. The van der Waals surface area contributed by atoms with Gasteiger partial charge in [0.1, 0.15) is 11.4 Å². The van der Waals surface area contributed by atoms with E-state index in [0.717, 1.165) is 17.7 Å². The first-order valence-electron chi connectivity index (χ1n) is 6.07. The molecule has 0 aliphatic heterocycles. The zero-order valence-electron chi connectivity index (χ0n) is 10.6. The van der Waals surface area contributed by atoms with Gasteiger partial charge in [-0.05, 0) is 30.2 Å². The van der Waals surface area contributed by atoms with E-state index in [4.69, 9.17) is 5.11 Å². The maximum atomic E-state index is 11.1. The van der Waals surface area contributed by atoms with Crippen molar-refractivity contribution < 1.29 is 9.90 Å². The highest BCUT2D eigenvalue weighted by Gasteiger charge is 2.10. The molecule has 2 aromatic heterocycles. The summed E-state index contributed by atoms with van der Waals surface area (Å²) in [4.78, 5) is 19.4. The molecular weight excluding hydrogens is 242 g/mol. The first kappa shape index (κ1) is 13.0. The number of hydrogen-bond acceptors (Lipinski definition) is 4. The molecule has 0 saturated carbocycles. The number of nitrogens with zero attached hydrogens (tertiary/aromatic N) is 2. The van der Waals surface area contributed by atoms with E-state index in [1.54, 1.807) is 18.5 Å². The SMILES string of the molecule is CCc1cccnc1CNc1ncccc1C(=O)O. The molecule has 0 radical (unpaired) electrons. The number of carboxylic acid groups (broad SMARTS) is 1. The Labute approximate surface area is 111 Å². The lowest BCUT2D eigenvalue weighted by molar-refractivity contribution is 0.0697. The molecule has 2 heterocycles. The number of aromatic nitrogens is 2. The first-order valence-corrected chi connectivity index (χ1v) is 6.07. The molecule has 0 spiro atoms. The van der Waals surface area contributed by atoms with Crippen molar-refractivity contribution in [3.63, 3.8) is 0 Å². The largest absolute Gasteiger partial charge is 0.478 e. The number of anilines is 1. The van der Waals surface area contributed by atoms with Crippen LogP contribution in [0.5, 0.6) is 0 Å². The Hall–Kier alpha value is -2.43. The smallest absolute Gasteiger partial charge is 0.339 e. The molecule has 0 aromatic carbocycles. The first-order chi connectivity index (χ1) is 9.22. The van der Waals surface area contributed by atoms with Gasteiger partial charge in [-0.25, -0.2) is 9.78 Å². The van der Waals surface area contributed by atoms with Crippen molar-refractivity contribution in [1.82, 2.24) is 9.97 Å². The molecule has 0 aliphatic rings. The second kappa shape index (κ2) is 5.95. The third-order valence-electron chi connectivity index (χ3n) is 2.83. The fourth-order valence-corrected chi connectivity index (χ4v) is 1.84. The summed E-state index contributed by atoms with van der Waals surface area (Å²) in [7, 11) is 0. The molecule has 2 N–H and O–H groups in total. The highest BCUT2D eigenvalue weighted by atomic mass is 16.4. The quantitative estimate of drug-likeness (QED) is 0.860. The van der Waals surface area contributed by atoms with Gasteiger partial charge in [0, 0.05) is 12.4 Å². The Morgan fingerprint density at radius 1 is 1.26 bits per heavy atom. The monoisotopic (exact) mass is 257 g/mol. The summed E-state index contributed by atoms with van der Waals surface area (Å²) in [5.41, 5.74) is 2.21. The number of carbonyl (C=O) groups is 1. The van der Waals surface area contributed by atoms with Crippen molar-refractivity contribution in [3.8, 4) is 0 Å². The van der Waals surface area contributed by atoms with Crippen LogP contribution >= 0.6 is 0 Å². The van der Waals surface area contributed by atoms with E-state index >= 15 is 0 Å². The van der Waals surface area contributed by atoms with E-state index in [2.05, 4.69) is 22.2 Å². The number of hydrogen-bond donors (Lipinski definition) is 2. The lowest BCUT2D eigenvalue weighted by atomic mass is 10.1. The van der Waals surface area contributed by atoms with Gasteiger partial charge in [-0.2, -0.15) is 0 Å². The minimum absolute atomic E-state index is 0.163.